The third kappa shape index (κ3) is 7.17. The molecule has 37 heavy (non-hydrogen) atoms. The quantitative estimate of drug-likeness (QED) is 0.201. The van der Waals surface area contributed by atoms with Crippen molar-refractivity contribution in [3.8, 4) is 11.5 Å². The first-order valence-corrected chi connectivity index (χ1v) is 11.7. The lowest BCUT2D eigenvalue weighted by atomic mass is 9.95. The number of rotatable bonds is 8. The second-order valence-corrected chi connectivity index (χ2v) is 8.76. The van der Waals surface area contributed by atoms with E-state index in [0.717, 1.165) is 17.7 Å². The van der Waals surface area contributed by atoms with Gasteiger partial charge in [0.25, 0.3) is 0 Å². The lowest BCUT2D eigenvalue weighted by molar-refractivity contribution is -0.143. The highest BCUT2D eigenvalue weighted by molar-refractivity contribution is 5.89. The van der Waals surface area contributed by atoms with E-state index in [1.807, 2.05) is 13.8 Å². The number of hydrogen-bond acceptors (Lipinski definition) is 5. The Balaban J connectivity index is 1.84. The number of aryl methyl sites for hydroxylation is 2. The van der Waals surface area contributed by atoms with E-state index in [2.05, 4.69) is 16.7 Å². The Morgan fingerprint density at radius 1 is 1.00 bits per heavy atom. The van der Waals surface area contributed by atoms with Crippen LogP contribution < -0.4 is 9.47 Å². The molecule has 5 nitrogen and oxygen atoms in total. The Hall–Kier alpha value is -3.24. The minimum Gasteiger partial charge on any atom is -0.489 e. The first kappa shape index (κ1) is 28.3. The molecule has 1 heterocycles. The predicted molar refractivity (Wildman–Crippen MR) is 126 cm³/mol. The van der Waals surface area contributed by atoms with Crippen molar-refractivity contribution < 1.29 is 40.7 Å². The Morgan fingerprint density at radius 3 is 2.24 bits per heavy atom. The Bertz CT molecular complexity index is 1130. The molecule has 1 aliphatic rings. The van der Waals surface area contributed by atoms with Crippen LogP contribution in [0, 0.1) is 20.8 Å². The summed E-state index contributed by atoms with van der Waals surface area (Å²) >= 11 is 0. The smallest absolute Gasteiger partial charge is 0.416 e. The van der Waals surface area contributed by atoms with Crippen LogP contribution >= 0.6 is 0 Å². The Labute approximate surface area is 211 Å². The van der Waals surface area contributed by atoms with E-state index in [4.69, 9.17) is 14.3 Å². The molecule has 1 unspecified atom stereocenters. The molecule has 0 saturated heterocycles. The molecule has 1 fully saturated rings. The number of aromatic nitrogens is 1. The first-order valence-electron chi connectivity index (χ1n) is 11.7. The van der Waals surface area contributed by atoms with E-state index in [1.54, 1.807) is 13.0 Å². The van der Waals surface area contributed by atoms with Gasteiger partial charge in [-0.25, -0.2) is 0 Å². The van der Waals surface area contributed by atoms with E-state index in [9.17, 15) is 26.3 Å². The molecule has 3 rings (SSSR count). The van der Waals surface area contributed by atoms with Crippen LogP contribution in [-0.2, 0) is 23.8 Å². The normalized spacial score (nSPS) is 17.5. The summed E-state index contributed by atoms with van der Waals surface area (Å²) in [6, 6.07) is 1.20. The van der Waals surface area contributed by atoms with Crippen molar-refractivity contribution >= 4 is 5.71 Å². The fraction of sp³-hybridized carbons (Fsp3) is 0.462. The second-order valence-electron chi connectivity index (χ2n) is 8.76. The number of halogens is 6. The van der Waals surface area contributed by atoms with Crippen LogP contribution in [0.4, 0.5) is 26.3 Å². The van der Waals surface area contributed by atoms with Gasteiger partial charge in [0, 0.05) is 17.0 Å². The number of alkyl halides is 6. The van der Waals surface area contributed by atoms with Crippen molar-refractivity contribution in [1.82, 2.24) is 4.98 Å². The van der Waals surface area contributed by atoms with Gasteiger partial charge in [0.1, 0.15) is 30.8 Å². The van der Waals surface area contributed by atoms with Crippen LogP contribution in [0.1, 0.15) is 59.3 Å². The maximum absolute atomic E-state index is 13.2. The van der Waals surface area contributed by atoms with Crippen LogP contribution in [0.2, 0.25) is 0 Å². The summed E-state index contributed by atoms with van der Waals surface area (Å²) in [4.78, 5) is 10.1. The number of nitrogens with zero attached hydrogens (tertiary/aromatic N) is 2. The molecular formula is C26H28F6N2O3. The van der Waals surface area contributed by atoms with Crippen LogP contribution in [0.25, 0.3) is 0 Å². The number of ether oxygens (including phenoxy) is 2. The van der Waals surface area contributed by atoms with Gasteiger partial charge in [0.05, 0.1) is 22.4 Å². The van der Waals surface area contributed by atoms with Gasteiger partial charge in [-0.05, 0) is 64.7 Å². The molecular weight excluding hydrogens is 502 g/mol. The summed E-state index contributed by atoms with van der Waals surface area (Å²) in [5.74, 6) is 0.0706. The minimum atomic E-state index is -4.96. The molecule has 1 aromatic carbocycles. The fourth-order valence-corrected chi connectivity index (χ4v) is 4.00. The molecule has 1 aromatic heterocycles. The van der Waals surface area contributed by atoms with Crippen LogP contribution in [0.5, 0.6) is 11.5 Å². The van der Waals surface area contributed by atoms with Gasteiger partial charge in [0.15, 0.2) is 0 Å². The van der Waals surface area contributed by atoms with E-state index in [1.165, 1.54) is 0 Å². The largest absolute Gasteiger partial charge is 0.489 e. The van der Waals surface area contributed by atoms with Gasteiger partial charge in [-0.15, -0.1) is 0 Å². The first-order chi connectivity index (χ1) is 17.3. The molecule has 0 aliphatic heterocycles. The van der Waals surface area contributed by atoms with Gasteiger partial charge in [0.2, 0.25) is 0 Å². The van der Waals surface area contributed by atoms with Gasteiger partial charge in [-0.1, -0.05) is 17.8 Å². The lowest BCUT2D eigenvalue weighted by Gasteiger charge is -2.25. The average molecular weight is 531 g/mol. The summed E-state index contributed by atoms with van der Waals surface area (Å²) < 4.78 is 90.8. The standard InChI is InChI=1S/C26H28F6N2O3/c1-5-10-35-24-15(2)16(3)33-17(4)21(24)14-36-34-22-8-6-7-9-23(22)37-20-12-18(25(27,28)29)11-19(13-20)26(30,31)32/h5,11-13,23H,1,6-10,14H2,2-4H3/b34-22+. The summed E-state index contributed by atoms with van der Waals surface area (Å²) in [5, 5.41) is 4.16. The maximum atomic E-state index is 13.2. The van der Waals surface area contributed by atoms with E-state index >= 15 is 0 Å². The number of pyridine rings is 1. The minimum absolute atomic E-state index is 0.00440. The molecule has 1 saturated carbocycles. The summed E-state index contributed by atoms with van der Waals surface area (Å²) in [6.45, 7) is 9.46. The number of benzene rings is 1. The average Bonchev–Trinajstić information content (AvgIpc) is 2.81. The molecule has 2 aromatic rings. The summed E-state index contributed by atoms with van der Waals surface area (Å²) in [5.41, 5.74) is 0.521. The highest BCUT2D eigenvalue weighted by Gasteiger charge is 2.37. The Morgan fingerprint density at radius 2 is 1.65 bits per heavy atom. The molecule has 1 atom stereocenters. The van der Waals surface area contributed by atoms with Crippen molar-refractivity contribution in [3.05, 3.63) is 64.5 Å². The fourth-order valence-electron chi connectivity index (χ4n) is 4.00. The van der Waals surface area contributed by atoms with Crippen LogP contribution in [0.15, 0.2) is 36.0 Å². The Kier molecular flexibility index (Phi) is 8.76. The van der Waals surface area contributed by atoms with E-state index in [0.29, 0.717) is 54.1 Å². The maximum Gasteiger partial charge on any atom is 0.416 e. The van der Waals surface area contributed by atoms with Gasteiger partial charge >= 0.3 is 12.4 Å². The lowest BCUT2D eigenvalue weighted by Crippen LogP contribution is -2.31. The third-order valence-electron chi connectivity index (χ3n) is 6.03. The zero-order valence-electron chi connectivity index (χ0n) is 20.7. The van der Waals surface area contributed by atoms with Crippen molar-refractivity contribution in [2.45, 2.75) is 71.5 Å². The van der Waals surface area contributed by atoms with Gasteiger partial charge < -0.3 is 14.3 Å². The third-order valence-corrected chi connectivity index (χ3v) is 6.03. The van der Waals surface area contributed by atoms with Gasteiger partial charge in [-0.3, -0.25) is 4.98 Å². The number of hydrogen-bond donors (Lipinski definition) is 0. The van der Waals surface area contributed by atoms with Crippen molar-refractivity contribution in [2.75, 3.05) is 6.61 Å². The SMILES string of the molecule is C=CCOc1c(C)c(C)nc(C)c1CO/N=C1\CCCCC1Oc1cc(C(F)(F)F)cc(C(F)(F)F)c1. The summed E-state index contributed by atoms with van der Waals surface area (Å²) in [7, 11) is 0. The van der Waals surface area contributed by atoms with Crippen LogP contribution in [-0.4, -0.2) is 23.4 Å². The molecule has 1 aliphatic carbocycles. The van der Waals surface area contributed by atoms with Crippen LogP contribution in [0.3, 0.4) is 0 Å². The second kappa shape index (κ2) is 11.4. The van der Waals surface area contributed by atoms with Crippen molar-refractivity contribution in [3.63, 3.8) is 0 Å². The molecule has 0 amide bonds. The molecule has 0 bridgehead atoms. The predicted octanol–water partition coefficient (Wildman–Crippen LogP) is 7.50. The molecule has 202 valence electrons. The van der Waals surface area contributed by atoms with Gasteiger partial charge in [-0.2, -0.15) is 26.3 Å². The van der Waals surface area contributed by atoms with E-state index < -0.39 is 35.3 Å². The van der Waals surface area contributed by atoms with E-state index in [-0.39, 0.29) is 19.3 Å². The summed E-state index contributed by atoms with van der Waals surface area (Å²) in [6.07, 6.45) is -6.93. The molecule has 11 heteroatoms. The monoisotopic (exact) mass is 530 g/mol. The zero-order valence-corrected chi connectivity index (χ0v) is 20.7. The molecule has 0 radical (unpaired) electrons. The molecule has 0 N–H and O–H groups in total. The highest BCUT2D eigenvalue weighted by atomic mass is 19.4. The number of oxime groups is 1. The van der Waals surface area contributed by atoms with Crippen molar-refractivity contribution in [1.29, 1.82) is 0 Å². The van der Waals surface area contributed by atoms with Crippen molar-refractivity contribution in [2.24, 2.45) is 5.16 Å². The molecule has 0 spiro atoms. The highest BCUT2D eigenvalue weighted by Crippen LogP contribution is 2.39. The topological polar surface area (TPSA) is 52.9 Å². The zero-order chi connectivity index (χ0) is 27.4.